The van der Waals surface area contributed by atoms with Crippen LogP contribution in [0.4, 0.5) is 0 Å². The van der Waals surface area contributed by atoms with E-state index in [1.807, 2.05) is 24.3 Å². The third-order valence-corrected chi connectivity index (χ3v) is 3.60. The summed E-state index contributed by atoms with van der Waals surface area (Å²) in [6.07, 6.45) is 0.264. The van der Waals surface area contributed by atoms with E-state index in [-0.39, 0.29) is 6.10 Å². The predicted octanol–water partition coefficient (Wildman–Crippen LogP) is 3.06. The summed E-state index contributed by atoms with van der Waals surface area (Å²) < 4.78 is 11.4. The van der Waals surface area contributed by atoms with Crippen molar-refractivity contribution in [2.75, 3.05) is 27.2 Å². The minimum atomic E-state index is 0.264. The highest BCUT2D eigenvalue weighted by Crippen LogP contribution is 2.33. The number of rotatable bonds is 4. The zero-order valence-corrected chi connectivity index (χ0v) is 11.9. The van der Waals surface area contributed by atoms with Gasteiger partial charge in [-0.05, 0) is 30.3 Å². The molecule has 3 nitrogen and oxygen atoms in total. The van der Waals surface area contributed by atoms with Crippen molar-refractivity contribution in [1.82, 2.24) is 4.90 Å². The Bertz CT molecular complexity index is 577. The molecule has 0 amide bonds. The monoisotopic (exact) mass is 269 g/mol. The van der Waals surface area contributed by atoms with Gasteiger partial charge in [-0.15, -0.1) is 0 Å². The number of likely N-dealkylation sites (N-methyl/N-ethyl adjacent to an activating group) is 1. The molecule has 1 aliphatic heterocycles. The summed E-state index contributed by atoms with van der Waals surface area (Å²) in [6.45, 7) is 1.94. The third kappa shape index (κ3) is 2.63. The van der Waals surface area contributed by atoms with Crippen molar-refractivity contribution in [2.24, 2.45) is 0 Å². The maximum absolute atomic E-state index is 6.04. The molecule has 0 aromatic heterocycles. The van der Waals surface area contributed by atoms with Crippen LogP contribution in [0.1, 0.15) is 0 Å². The Hall–Kier alpha value is -2.00. The smallest absolute Gasteiger partial charge is 0.162 e. The Morgan fingerprint density at radius 1 is 0.950 bits per heavy atom. The van der Waals surface area contributed by atoms with Gasteiger partial charge in [-0.1, -0.05) is 36.4 Å². The van der Waals surface area contributed by atoms with Crippen LogP contribution >= 0.6 is 0 Å². The number of methoxy groups -OCH3 is 1. The zero-order valence-electron chi connectivity index (χ0n) is 11.9. The topological polar surface area (TPSA) is 21.7 Å². The van der Waals surface area contributed by atoms with Crippen molar-refractivity contribution in [3.63, 3.8) is 0 Å². The summed E-state index contributed by atoms with van der Waals surface area (Å²) in [6, 6.07) is 16.4. The first-order valence-corrected chi connectivity index (χ1v) is 6.85. The Labute approximate surface area is 119 Å². The molecule has 2 aromatic carbocycles. The van der Waals surface area contributed by atoms with Crippen molar-refractivity contribution in [3.05, 3.63) is 48.5 Å². The summed E-state index contributed by atoms with van der Waals surface area (Å²) in [5.74, 6) is 1.62. The molecule has 0 radical (unpaired) electrons. The van der Waals surface area contributed by atoms with Gasteiger partial charge in [-0.25, -0.2) is 0 Å². The molecule has 0 atom stereocenters. The Balaban J connectivity index is 1.87. The summed E-state index contributed by atoms with van der Waals surface area (Å²) in [5.41, 5.74) is 2.33. The Kier molecular flexibility index (Phi) is 3.61. The third-order valence-electron chi connectivity index (χ3n) is 3.60. The van der Waals surface area contributed by atoms with E-state index in [0.29, 0.717) is 0 Å². The van der Waals surface area contributed by atoms with E-state index in [4.69, 9.17) is 9.47 Å². The number of hydrogen-bond acceptors (Lipinski definition) is 3. The van der Waals surface area contributed by atoms with E-state index in [2.05, 4.69) is 36.2 Å². The second-order valence-corrected chi connectivity index (χ2v) is 5.19. The van der Waals surface area contributed by atoms with Crippen molar-refractivity contribution >= 4 is 0 Å². The largest absolute Gasteiger partial charge is 0.493 e. The fourth-order valence-electron chi connectivity index (χ4n) is 2.47. The minimum Gasteiger partial charge on any atom is -0.493 e. The lowest BCUT2D eigenvalue weighted by molar-refractivity contribution is 0.0370. The fourth-order valence-corrected chi connectivity index (χ4v) is 2.47. The van der Waals surface area contributed by atoms with E-state index in [1.54, 1.807) is 7.11 Å². The number of ether oxygens (including phenoxy) is 2. The lowest BCUT2D eigenvalue weighted by Gasteiger charge is -2.36. The molecule has 0 bridgehead atoms. The highest BCUT2D eigenvalue weighted by Gasteiger charge is 2.26. The van der Waals surface area contributed by atoms with Gasteiger partial charge >= 0.3 is 0 Å². The van der Waals surface area contributed by atoms with Gasteiger partial charge in [-0.3, -0.25) is 4.90 Å². The van der Waals surface area contributed by atoms with Crippen molar-refractivity contribution in [1.29, 1.82) is 0 Å². The van der Waals surface area contributed by atoms with Crippen molar-refractivity contribution < 1.29 is 9.47 Å². The highest BCUT2D eigenvalue weighted by atomic mass is 16.5. The molecule has 104 valence electrons. The van der Waals surface area contributed by atoms with Crippen LogP contribution in [-0.2, 0) is 0 Å². The average Bonchev–Trinajstić information content (AvgIpc) is 2.46. The standard InChI is InChI=1S/C17H19NO2/c1-18-11-15(12-18)20-17-10-14(8-9-16(17)19-2)13-6-4-3-5-7-13/h3-10,15H,11-12H2,1-2H3. The number of benzene rings is 2. The summed E-state index contributed by atoms with van der Waals surface area (Å²) in [7, 11) is 3.77. The molecule has 1 aliphatic rings. The lowest BCUT2D eigenvalue weighted by atomic mass is 10.1. The molecule has 0 spiro atoms. The van der Waals surface area contributed by atoms with Crippen molar-refractivity contribution in [2.45, 2.75) is 6.10 Å². The summed E-state index contributed by atoms with van der Waals surface area (Å²) in [4.78, 5) is 2.23. The van der Waals surface area contributed by atoms with E-state index in [9.17, 15) is 0 Å². The quantitative estimate of drug-likeness (QED) is 0.851. The highest BCUT2D eigenvalue weighted by molar-refractivity contribution is 5.67. The molecule has 0 N–H and O–H groups in total. The molecular weight excluding hydrogens is 250 g/mol. The summed E-state index contributed by atoms with van der Waals surface area (Å²) >= 11 is 0. The SMILES string of the molecule is COc1ccc(-c2ccccc2)cc1OC1CN(C)C1. The van der Waals surface area contributed by atoms with Gasteiger partial charge in [0.25, 0.3) is 0 Å². The normalized spacial score (nSPS) is 15.7. The molecule has 1 saturated heterocycles. The predicted molar refractivity (Wildman–Crippen MR) is 80.3 cm³/mol. The Morgan fingerprint density at radius 3 is 2.35 bits per heavy atom. The van der Waals surface area contributed by atoms with E-state index in [0.717, 1.165) is 30.2 Å². The molecule has 2 aromatic rings. The van der Waals surface area contributed by atoms with Gasteiger partial charge in [-0.2, -0.15) is 0 Å². The van der Waals surface area contributed by atoms with Crippen LogP contribution in [0.25, 0.3) is 11.1 Å². The van der Waals surface area contributed by atoms with Gasteiger partial charge in [0.1, 0.15) is 6.10 Å². The van der Waals surface area contributed by atoms with Gasteiger partial charge < -0.3 is 9.47 Å². The summed E-state index contributed by atoms with van der Waals surface area (Å²) in [5, 5.41) is 0. The first-order chi connectivity index (χ1) is 9.76. The Morgan fingerprint density at radius 2 is 1.70 bits per heavy atom. The van der Waals surface area contributed by atoms with E-state index < -0.39 is 0 Å². The van der Waals surface area contributed by atoms with E-state index in [1.165, 1.54) is 5.56 Å². The molecule has 1 fully saturated rings. The van der Waals surface area contributed by atoms with Crippen LogP contribution in [0.2, 0.25) is 0 Å². The first-order valence-electron chi connectivity index (χ1n) is 6.85. The molecule has 0 unspecified atom stereocenters. The molecule has 3 rings (SSSR count). The molecule has 3 heteroatoms. The van der Waals surface area contributed by atoms with Gasteiger partial charge in [0, 0.05) is 13.1 Å². The second kappa shape index (κ2) is 5.55. The average molecular weight is 269 g/mol. The first kappa shape index (κ1) is 13.0. The van der Waals surface area contributed by atoms with Gasteiger partial charge in [0.15, 0.2) is 11.5 Å². The minimum absolute atomic E-state index is 0.264. The van der Waals surface area contributed by atoms with Crippen LogP contribution in [0.5, 0.6) is 11.5 Å². The lowest BCUT2D eigenvalue weighted by Crippen LogP contribution is -2.51. The van der Waals surface area contributed by atoms with Crippen LogP contribution in [0.15, 0.2) is 48.5 Å². The maximum atomic E-state index is 6.04. The number of hydrogen-bond donors (Lipinski definition) is 0. The zero-order chi connectivity index (χ0) is 13.9. The van der Waals surface area contributed by atoms with Crippen LogP contribution in [-0.4, -0.2) is 38.3 Å². The second-order valence-electron chi connectivity index (χ2n) is 5.19. The fraction of sp³-hybridized carbons (Fsp3) is 0.294. The molecule has 20 heavy (non-hydrogen) atoms. The van der Waals surface area contributed by atoms with Crippen molar-refractivity contribution in [3.8, 4) is 22.6 Å². The van der Waals surface area contributed by atoms with Crippen LogP contribution in [0.3, 0.4) is 0 Å². The number of likely N-dealkylation sites (tertiary alicyclic amines) is 1. The van der Waals surface area contributed by atoms with E-state index >= 15 is 0 Å². The molecule has 0 saturated carbocycles. The van der Waals surface area contributed by atoms with Crippen LogP contribution in [0, 0.1) is 0 Å². The molecular formula is C17H19NO2. The molecule has 1 heterocycles. The van der Waals surface area contributed by atoms with Gasteiger partial charge in [0.05, 0.1) is 7.11 Å². The number of nitrogens with zero attached hydrogens (tertiary/aromatic N) is 1. The molecule has 0 aliphatic carbocycles. The van der Waals surface area contributed by atoms with Crippen LogP contribution < -0.4 is 9.47 Å². The van der Waals surface area contributed by atoms with Gasteiger partial charge in [0.2, 0.25) is 0 Å². The maximum Gasteiger partial charge on any atom is 0.162 e.